The van der Waals surface area contributed by atoms with Gasteiger partial charge in [-0.1, -0.05) is 6.07 Å². The smallest absolute Gasteiger partial charge is 0.121 e. The van der Waals surface area contributed by atoms with Gasteiger partial charge in [-0.2, -0.15) is 0 Å². The largest absolute Gasteiger partial charge is 0.494 e. The number of ether oxygens (including phenoxy) is 1. The third-order valence-corrected chi connectivity index (χ3v) is 2.96. The Morgan fingerprint density at radius 2 is 2.16 bits per heavy atom. The zero-order chi connectivity index (χ0) is 13.5. The van der Waals surface area contributed by atoms with Gasteiger partial charge >= 0.3 is 0 Å². The maximum Gasteiger partial charge on any atom is 0.121 e. The van der Waals surface area contributed by atoms with Gasteiger partial charge in [0.25, 0.3) is 0 Å². The summed E-state index contributed by atoms with van der Waals surface area (Å²) in [5.41, 5.74) is 1.10. The van der Waals surface area contributed by atoms with E-state index < -0.39 is 0 Å². The predicted octanol–water partition coefficient (Wildman–Crippen LogP) is 4.11. The second-order valence-electron chi connectivity index (χ2n) is 4.62. The molecule has 1 heterocycles. The fourth-order valence-corrected chi connectivity index (χ4v) is 2.01. The lowest BCUT2D eigenvalue weighted by Gasteiger charge is -2.15. The second-order valence-corrected chi connectivity index (χ2v) is 4.62. The number of nitrogens with one attached hydrogen (secondary N) is 1. The molecule has 1 unspecified atom stereocenters. The molecule has 0 fully saturated rings. The highest BCUT2D eigenvalue weighted by Gasteiger charge is 2.05. The van der Waals surface area contributed by atoms with E-state index in [4.69, 9.17) is 9.15 Å². The standard InChI is InChI=1S/C16H21NO2/c1-3-18-16-7-4-6-14(12-16)17-13(2)9-10-15-8-5-11-19-15/h4-8,11-13,17H,3,9-10H2,1-2H3. The van der Waals surface area contributed by atoms with Crippen molar-refractivity contribution in [1.82, 2.24) is 0 Å². The molecule has 102 valence electrons. The topological polar surface area (TPSA) is 34.4 Å². The van der Waals surface area contributed by atoms with Crippen LogP contribution in [-0.4, -0.2) is 12.6 Å². The van der Waals surface area contributed by atoms with Gasteiger partial charge in [0.05, 0.1) is 12.9 Å². The molecule has 2 rings (SSSR count). The molecule has 0 aliphatic rings. The molecule has 0 spiro atoms. The maximum atomic E-state index is 5.49. The Morgan fingerprint density at radius 1 is 1.26 bits per heavy atom. The van der Waals surface area contributed by atoms with Crippen molar-refractivity contribution in [3.63, 3.8) is 0 Å². The maximum absolute atomic E-state index is 5.49. The molecule has 0 amide bonds. The molecule has 0 aliphatic carbocycles. The number of hydrogen-bond donors (Lipinski definition) is 1. The van der Waals surface area contributed by atoms with E-state index in [9.17, 15) is 0 Å². The monoisotopic (exact) mass is 259 g/mol. The number of rotatable bonds is 7. The van der Waals surface area contributed by atoms with Crippen LogP contribution in [-0.2, 0) is 6.42 Å². The Hall–Kier alpha value is -1.90. The van der Waals surface area contributed by atoms with Crippen LogP contribution in [0.3, 0.4) is 0 Å². The summed E-state index contributed by atoms with van der Waals surface area (Å²) in [5, 5.41) is 3.48. The first-order valence-corrected chi connectivity index (χ1v) is 6.79. The average molecular weight is 259 g/mol. The van der Waals surface area contributed by atoms with Gasteiger partial charge in [-0.25, -0.2) is 0 Å². The van der Waals surface area contributed by atoms with Crippen molar-refractivity contribution in [1.29, 1.82) is 0 Å². The third kappa shape index (κ3) is 4.36. The highest BCUT2D eigenvalue weighted by atomic mass is 16.5. The number of benzene rings is 1. The van der Waals surface area contributed by atoms with E-state index in [1.54, 1.807) is 6.26 Å². The van der Waals surface area contributed by atoms with Gasteiger partial charge in [0.15, 0.2) is 0 Å². The lowest BCUT2D eigenvalue weighted by atomic mass is 10.1. The van der Waals surface area contributed by atoms with Crippen LogP contribution in [0.5, 0.6) is 5.75 Å². The quantitative estimate of drug-likeness (QED) is 0.812. The highest BCUT2D eigenvalue weighted by Crippen LogP contribution is 2.19. The van der Waals surface area contributed by atoms with Gasteiger partial charge in [-0.15, -0.1) is 0 Å². The molecule has 3 nitrogen and oxygen atoms in total. The molecule has 1 aromatic carbocycles. The molecule has 0 aliphatic heterocycles. The zero-order valence-electron chi connectivity index (χ0n) is 11.6. The summed E-state index contributed by atoms with van der Waals surface area (Å²) in [6, 6.07) is 12.4. The van der Waals surface area contributed by atoms with Crippen LogP contribution in [0.15, 0.2) is 47.1 Å². The van der Waals surface area contributed by atoms with Crippen LogP contribution in [0.25, 0.3) is 0 Å². The molecule has 2 aromatic rings. The molecule has 19 heavy (non-hydrogen) atoms. The SMILES string of the molecule is CCOc1cccc(NC(C)CCc2ccco2)c1. The Kier molecular flexibility index (Phi) is 4.90. The van der Waals surface area contributed by atoms with Crippen molar-refractivity contribution in [3.8, 4) is 5.75 Å². The van der Waals surface area contributed by atoms with E-state index in [1.807, 2.05) is 37.3 Å². The fourth-order valence-electron chi connectivity index (χ4n) is 2.01. The highest BCUT2D eigenvalue weighted by molar-refractivity contribution is 5.48. The van der Waals surface area contributed by atoms with Gasteiger partial charge in [0.2, 0.25) is 0 Å². The molecule has 1 N–H and O–H groups in total. The molecular weight excluding hydrogens is 238 g/mol. The van der Waals surface area contributed by atoms with Crippen molar-refractivity contribution in [2.45, 2.75) is 32.7 Å². The number of aryl methyl sites for hydroxylation is 1. The summed E-state index contributed by atoms with van der Waals surface area (Å²) >= 11 is 0. The molecule has 0 saturated heterocycles. The zero-order valence-corrected chi connectivity index (χ0v) is 11.6. The summed E-state index contributed by atoms with van der Waals surface area (Å²) in [4.78, 5) is 0. The van der Waals surface area contributed by atoms with Crippen LogP contribution < -0.4 is 10.1 Å². The Bertz CT molecular complexity index is 479. The minimum Gasteiger partial charge on any atom is -0.494 e. The molecular formula is C16H21NO2. The van der Waals surface area contributed by atoms with Gasteiger partial charge < -0.3 is 14.5 Å². The van der Waals surface area contributed by atoms with E-state index in [1.165, 1.54) is 0 Å². The molecule has 0 radical (unpaired) electrons. The van der Waals surface area contributed by atoms with Crippen molar-refractivity contribution < 1.29 is 9.15 Å². The normalized spacial score (nSPS) is 12.1. The first kappa shape index (κ1) is 13.5. The Labute approximate surface area is 114 Å². The van der Waals surface area contributed by atoms with Crippen LogP contribution in [0.4, 0.5) is 5.69 Å². The van der Waals surface area contributed by atoms with Crippen LogP contribution in [0, 0.1) is 0 Å². The van der Waals surface area contributed by atoms with Gasteiger partial charge in [-0.05, 0) is 44.5 Å². The molecule has 3 heteroatoms. The predicted molar refractivity (Wildman–Crippen MR) is 77.7 cm³/mol. The van der Waals surface area contributed by atoms with Gasteiger partial charge in [-0.3, -0.25) is 0 Å². The number of furan rings is 1. The lowest BCUT2D eigenvalue weighted by Crippen LogP contribution is -2.15. The molecule has 0 bridgehead atoms. The Balaban J connectivity index is 1.84. The van der Waals surface area contributed by atoms with Crippen LogP contribution >= 0.6 is 0 Å². The summed E-state index contributed by atoms with van der Waals surface area (Å²) in [5.74, 6) is 1.95. The Morgan fingerprint density at radius 3 is 2.89 bits per heavy atom. The van der Waals surface area contributed by atoms with Crippen molar-refractivity contribution in [2.75, 3.05) is 11.9 Å². The number of anilines is 1. The fraction of sp³-hybridized carbons (Fsp3) is 0.375. The average Bonchev–Trinajstić information content (AvgIpc) is 2.90. The summed E-state index contributed by atoms with van der Waals surface area (Å²) in [6.45, 7) is 4.86. The summed E-state index contributed by atoms with van der Waals surface area (Å²) in [7, 11) is 0. The molecule has 1 atom stereocenters. The molecule has 0 saturated carbocycles. The summed E-state index contributed by atoms with van der Waals surface area (Å²) < 4.78 is 10.8. The van der Waals surface area contributed by atoms with Gasteiger partial charge in [0, 0.05) is 24.2 Å². The van der Waals surface area contributed by atoms with Crippen LogP contribution in [0.1, 0.15) is 26.0 Å². The van der Waals surface area contributed by atoms with E-state index in [2.05, 4.69) is 18.3 Å². The van der Waals surface area contributed by atoms with Crippen molar-refractivity contribution in [2.24, 2.45) is 0 Å². The van der Waals surface area contributed by atoms with Crippen LogP contribution in [0.2, 0.25) is 0 Å². The first-order chi connectivity index (χ1) is 9.28. The summed E-state index contributed by atoms with van der Waals surface area (Å²) in [6.07, 6.45) is 3.71. The number of hydrogen-bond acceptors (Lipinski definition) is 3. The minimum atomic E-state index is 0.391. The minimum absolute atomic E-state index is 0.391. The first-order valence-electron chi connectivity index (χ1n) is 6.79. The van der Waals surface area contributed by atoms with Crippen molar-refractivity contribution in [3.05, 3.63) is 48.4 Å². The lowest BCUT2D eigenvalue weighted by molar-refractivity contribution is 0.340. The van der Waals surface area contributed by atoms with Gasteiger partial charge in [0.1, 0.15) is 11.5 Å². The van der Waals surface area contributed by atoms with Crippen molar-refractivity contribution >= 4 is 5.69 Å². The van der Waals surface area contributed by atoms with E-state index in [0.29, 0.717) is 12.6 Å². The van der Waals surface area contributed by atoms with E-state index in [-0.39, 0.29) is 0 Å². The third-order valence-electron chi connectivity index (χ3n) is 2.96. The van der Waals surface area contributed by atoms with E-state index in [0.717, 1.165) is 30.0 Å². The van der Waals surface area contributed by atoms with E-state index >= 15 is 0 Å². The molecule has 1 aromatic heterocycles. The second kappa shape index (κ2) is 6.88.